The van der Waals surface area contributed by atoms with Gasteiger partial charge in [0.25, 0.3) is 5.91 Å². The Bertz CT molecular complexity index is 548. The van der Waals surface area contributed by atoms with Crippen LogP contribution in [0.1, 0.15) is 25.5 Å². The number of hydrogen-bond donors (Lipinski definition) is 2. The molecule has 3 amide bonds. The van der Waals surface area contributed by atoms with Crippen LogP contribution in [0.15, 0.2) is 42.0 Å². The van der Waals surface area contributed by atoms with E-state index in [1.54, 1.807) is 44.2 Å². The fourth-order valence-electron chi connectivity index (χ4n) is 1.53. The van der Waals surface area contributed by atoms with Crippen LogP contribution in [0.2, 0.25) is 0 Å². The van der Waals surface area contributed by atoms with Crippen molar-refractivity contribution in [2.24, 2.45) is 0 Å². The van der Waals surface area contributed by atoms with E-state index in [1.807, 2.05) is 0 Å². The maximum Gasteiger partial charge on any atom is 0.331 e. The molecule has 0 fully saturated rings. The first-order chi connectivity index (χ1) is 9.93. The Balaban J connectivity index is 2.95. The normalized spacial score (nSPS) is 11.0. The van der Waals surface area contributed by atoms with Crippen molar-refractivity contribution < 1.29 is 19.1 Å². The van der Waals surface area contributed by atoms with Crippen molar-refractivity contribution in [3.63, 3.8) is 0 Å². The predicted molar refractivity (Wildman–Crippen MR) is 77.3 cm³/mol. The number of benzene rings is 1. The molecule has 21 heavy (non-hydrogen) atoms. The van der Waals surface area contributed by atoms with Crippen LogP contribution in [0.4, 0.5) is 4.79 Å². The maximum atomic E-state index is 12.1. The molecule has 0 spiro atoms. The van der Waals surface area contributed by atoms with Crippen LogP contribution in [0.3, 0.4) is 0 Å². The average molecular weight is 290 g/mol. The van der Waals surface area contributed by atoms with Crippen molar-refractivity contribution in [2.45, 2.75) is 20.0 Å². The SMILES string of the molecule is CNC(=O)NC(=O)[C@H](OC(=O)C=C(C)C)c1ccccc1. The van der Waals surface area contributed by atoms with E-state index in [0.717, 1.165) is 5.57 Å². The highest BCUT2D eigenvalue weighted by molar-refractivity contribution is 5.98. The fourth-order valence-corrected chi connectivity index (χ4v) is 1.53. The van der Waals surface area contributed by atoms with Gasteiger partial charge in [0.1, 0.15) is 0 Å². The second-order valence-corrected chi connectivity index (χ2v) is 4.52. The zero-order chi connectivity index (χ0) is 15.8. The number of carbonyl (C=O) groups is 3. The summed E-state index contributed by atoms with van der Waals surface area (Å²) in [7, 11) is 1.38. The highest BCUT2D eigenvalue weighted by atomic mass is 16.5. The quantitative estimate of drug-likeness (QED) is 0.653. The summed E-state index contributed by atoms with van der Waals surface area (Å²) in [5.74, 6) is -1.35. The number of carbonyl (C=O) groups excluding carboxylic acids is 3. The molecule has 112 valence electrons. The minimum absolute atomic E-state index is 0.481. The van der Waals surface area contributed by atoms with Gasteiger partial charge in [-0.1, -0.05) is 35.9 Å². The van der Waals surface area contributed by atoms with Crippen molar-refractivity contribution in [1.29, 1.82) is 0 Å². The smallest absolute Gasteiger partial charge is 0.331 e. The summed E-state index contributed by atoms with van der Waals surface area (Å²) in [5.41, 5.74) is 1.23. The van der Waals surface area contributed by atoms with Gasteiger partial charge in [-0.15, -0.1) is 0 Å². The van der Waals surface area contributed by atoms with Gasteiger partial charge in [-0.3, -0.25) is 10.1 Å². The molecular weight excluding hydrogens is 272 g/mol. The molecule has 0 radical (unpaired) electrons. The topological polar surface area (TPSA) is 84.5 Å². The van der Waals surface area contributed by atoms with Crippen LogP contribution < -0.4 is 10.6 Å². The minimum atomic E-state index is -1.19. The van der Waals surface area contributed by atoms with Crippen molar-refractivity contribution in [1.82, 2.24) is 10.6 Å². The first kappa shape index (κ1) is 16.4. The van der Waals surface area contributed by atoms with Gasteiger partial charge in [0.05, 0.1) is 0 Å². The van der Waals surface area contributed by atoms with E-state index in [-0.39, 0.29) is 0 Å². The van der Waals surface area contributed by atoms with Gasteiger partial charge in [-0.2, -0.15) is 0 Å². The summed E-state index contributed by atoms with van der Waals surface area (Å²) in [6, 6.07) is 7.82. The first-order valence-electron chi connectivity index (χ1n) is 6.37. The number of nitrogens with one attached hydrogen (secondary N) is 2. The van der Waals surface area contributed by atoms with Gasteiger partial charge in [0.15, 0.2) is 0 Å². The van der Waals surface area contributed by atoms with Gasteiger partial charge >= 0.3 is 12.0 Å². The standard InChI is InChI=1S/C15H18N2O4/c1-10(2)9-12(18)21-13(11-7-5-4-6-8-11)14(19)17-15(20)16-3/h4-9,13H,1-3H3,(H2,16,17,19,20)/t13-/m1/s1. The van der Waals surface area contributed by atoms with Gasteiger partial charge < -0.3 is 10.1 Å². The average Bonchev–Trinajstić information content (AvgIpc) is 2.44. The molecule has 0 aromatic heterocycles. The lowest BCUT2D eigenvalue weighted by molar-refractivity contribution is -0.151. The van der Waals surface area contributed by atoms with E-state index in [9.17, 15) is 14.4 Å². The molecule has 0 bridgehead atoms. The number of hydrogen-bond acceptors (Lipinski definition) is 4. The number of amides is 3. The number of esters is 1. The summed E-state index contributed by atoms with van der Waals surface area (Å²) in [4.78, 5) is 35.0. The summed E-state index contributed by atoms with van der Waals surface area (Å²) < 4.78 is 5.15. The third-order valence-corrected chi connectivity index (χ3v) is 2.44. The largest absolute Gasteiger partial charge is 0.444 e. The maximum absolute atomic E-state index is 12.1. The van der Waals surface area contributed by atoms with Crippen molar-refractivity contribution in [3.05, 3.63) is 47.5 Å². The first-order valence-corrected chi connectivity index (χ1v) is 6.37. The van der Waals surface area contributed by atoms with E-state index >= 15 is 0 Å². The molecule has 6 heteroatoms. The van der Waals surface area contributed by atoms with Crippen LogP contribution >= 0.6 is 0 Å². The summed E-state index contributed by atoms with van der Waals surface area (Å²) >= 11 is 0. The Kier molecular flexibility index (Phi) is 6.13. The molecule has 0 aliphatic carbocycles. The second-order valence-electron chi connectivity index (χ2n) is 4.52. The highest BCUT2D eigenvalue weighted by Crippen LogP contribution is 2.18. The minimum Gasteiger partial charge on any atom is -0.444 e. The zero-order valence-corrected chi connectivity index (χ0v) is 12.2. The molecule has 6 nitrogen and oxygen atoms in total. The van der Waals surface area contributed by atoms with Gasteiger partial charge in [0, 0.05) is 18.7 Å². The predicted octanol–water partition coefficient (Wildman–Crippen LogP) is 1.69. The lowest BCUT2D eigenvalue weighted by Gasteiger charge is -2.16. The molecule has 1 aromatic carbocycles. The Morgan fingerprint density at radius 1 is 1.14 bits per heavy atom. The molecule has 0 saturated heterocycles. The second kappa shape index (κ2) is 7.84. The molecule has 1 rings (SSSR count). The van der Waals surface area contributed by atoms with Crippen molar-refractivity contribution >= 4 is 17.9 Å². The summed E-state index contributed by atoms with van der Waals surface area (Å²) in [5, 5.41) is 4.36. The van der Waals surface area contributed by atoms with Crippen LogP contribution in [0, 0.1) is 0 Å². The van der Waals surface area contributed by atoms with E-state index in [2.05, 4.69) is 10.6 Å². The van der Waals surface area contributed by atoms with Crippen LogP contribution in [-0.2, 0) is 14.3 Å². The molecule has 2 N–H and O–H groups in total. The third kappa shape index (κ3) is 5.48. The van der Waals surface area contributed by atoms with E-state index in [1.165, 1.54) is 13.1 Å². The van der Waals surface area contributed by atoms with E-state index in [4.69, 9.17) is 4.74 Å². The molecule has 0 saturated carbocycles. The van der Waals surface area contributed by atoms with Crippen LogP contribution in [-0.4, -0.2) is 25.0 Å². The Morgan fingerprint density at radius 3 is 2.29 bits per heavy atom. The zero-order valence-electron chi connectivity index (χ0n) is 12.2. The van der Waals surface area contributed by atoms with Gasteiger partial charge in [0.2, 0.25) is 6.10 Å². The molecule has 0 heterocycles. The monoisotopic (exact) mass is 290 g/mol. The molecule has 0 aliphatic heterocycles. The van der Waals surface area contributed by atoms with Gasteiger partial charge in [-0.25, -0.2) is 9.59 Å². The van der Waals surface area contributed by atoms with Crippen LogP contribution in [0.25, 0.3) is 0 Å². The van der Waals surface area contributed by atoms with Crippen molar-refractivity contribution in [2.75, 3.05) is 7.05 Å². The Labute approximate surface area is 123 Å². The Morgan fingerprint density at radius 2 is 1.76 bits per heavy atom. The van der Waals surface area contributed by atoms with Crippen LogP contribution in [0.5, 0.6) is 0 Å². The van der Waals surface area contributed by atoms with Crippen molar-refractivity contribution in [3.8, 4) is 0 Å². The highest BCUT2D eigenvalue weighted by Gasteiger charge is 2.25. The molecule has 0 aliphatic rings. The van der Waals surface area contributed by atoms with E-state index < -0.39 is 24.0 Å². The Hall–Kier alpha value is -2.63. The molecule has 1 aromatic rings. The third-order valence-electron chi connectivity index (χ3n) is 2.44. The summed E-state index contributed by atoms with van der Waals surface area (Å²) in [6.45, 7) is 3.48. The van der Waals surface area contributed by atoms with E-state index in [0.29, 0.717) is 5.56 Å². The lowest BCUT2D eigenvalue weighted by atomic mass is 10.1. The molecular formula is C15H18N2O4. The summed E-state index contributed by atoms with van der Waals surface area (Å²) in [6.07, 6.45) is 0.0925. The number of imide groups is 1. The fraction of sp³-hybridized carbons (Fsp3) is 0.267. The molecule has 0 unspecified atom stereocenters. The number of allylic oxidation sites excluding steroid dienone is 1. The number of rotatable bonds is 4. The number of ether oxygens (including phenoxy) is 1. The number of urea groups is 1. The molecule has 1 atom stereocenters. The lowest BCUT2D eigenvalue weighted by Crippen LogP contribution is -2.41. The van der Waals surface area contributed by atoms with Gasteiger partial charge in [-0.05, 0) is 13.8 Å².